The maximum atomic E-state index is 12.7. The lowest BCUT2D eigenvalue weighted by molar-refractivity contribution is -0.132. The molecule has 1 aromatic heterocycles. The van der Waals surface area contributed by atoms with E-state index >= 15 is 0 Å². The summed E-state index contributed by atoms with van der Waals surface area (Å²) in [4.78, 5) is 40.7. The monoisotopic (exact) mass is 570 g/mol. The summed E-state index contributed by atoms with van der Waals surface area (Å²) in [7, 11) is 0. The zero-order chi connectivity index (χ0) is 28.7. The molecule has 2 amide bonds. The number of amides is 2. The molecule has 3 N–H and O–H groups in total. The molecule has 3 aliphatic heterocycles. The van der Waals surface area contributed by atoms with E-state index in [-0.39, 0.29) is 17.9 Å². The second-order valence-electron chi connectivity index (χ2n) is 10.9. The SMILES string of the molecule is O=C(Nc1ccc(-c2ccnc(Nc3ccc(N4CCN(C(=O)CN5CCNCC5)CC4)cc3)n2)cc1)C1CCCO1. The summed E-state index contributed by atoms with van der Waals surface area (Å²) in [5.74, 6) is 0.640. The number of hydrogen-bond acceptors (Lipinski definition) is 9. The smallest absolute Gasteiger partial charge is 0.253 e. The fourth-order valence-corrected chi connectivity index (χ4v) is 5.57. The van der Waals surface area contributed by atoms with E-state index in [1.165, 1.54) is 0 Å². The van der Waals surface area contributed by atoms with Crippen LogP contribution in [-0.4, -0.2) is 103 Å². The average molecular weight is 571 g/mol. The maximum Gasteiger partial charge on any atom is 0.253 e. The predicted molar refractivity (Wildman–Crippen MR) is 163 cm³/mol. The van der Waals surface area contributed by atoms with Crippen molar-refractivity contribution in [1.29, 1.82) is 0 Å². The standard InChI is InChI=1S/C31H38N8O3/c40-29(22-37-15-13-32-14-16-37)39-19-17-38(18-20-39)26-9-7-25(8-10-26)35-31-33-12-11-27(36-31)23-3-5-24(6-4-23)34-30(41)28-2-1-21-42-28/h3-12,28,32H,1-2,13-22H2,(H,34,41)(H,33,35,36). The van der Waals surface area contributed by atoms with E-state index in [0.29, 0.717) is 19.1 Å². The first-order valence-electron chi connectivity index (χ1n) is 14.8. The van der Waals surface area contributed by atoms with Crippen molar-refractivity contribution < 1.29 is 14.3 Å². The molecule has 0 aliphatic carbocycles. The molecule has 11 heteroatoms. The fourth-order valence-electron chi connectivity index (χ4n) is 5.57. The van der Waals surface area contributed by atoms with Crippen LogP contribution >= 0.6 is 0 Å². The maximum absolute atomic E-state index is 12.7. The summed E-state index contributed by atoms with van der Waals surface area (Å²) < 4.78 is 5.46. The fraction of sp³-hybridized carbons (Fsp3) is 0.419. The van der Waals surface area contributed by atoms with Crippen molar-refractivity contribution in [2.75, 3.05) is 81.0 Å². The molecule has 3 fully saturated rings. The van der Waals surface area contributed by atoms with Crippen LogP contribution in [0.2, 0.25) is 0 Å². The van der Waals surface area contributed by atoms with Crippen LogP contribution in [0.1, 0.15) is 12.8 Å². The zero-order valence-electron chi connectivity index (χ0n) is 23.8. The van der Waals surface area contributed by atoms with Gasteiger partial charge in [-0.15, -0.1) is 0 Å². The number of aromatic nitrogens is 2. The van der Waals surface area contributed by atoms with Gasteiger partial charge in [-0.25, -0.2) is 9.97 Å². The van der Waals surface area contributed by atoms with Gasteiger partial charge in [0.1, 0.15) is 6.10 Å². The average Bonchev–Trinajstić information content (AvgIpc) is 3.58. The summed E-state index contributed by atoms with van der Waals surface area (Å²) in [6.07, 6.45) is 3.06. The van der Waals surface area contributed by atoms with Gasteiger partial charge in [-0.3, -0.25) is 14.5 Å². The molecule has 3 aliphatic rings. The summed E-state index contributed by atoms with van der Waals surface area (Å²) in [5.41, 5.74) is 4.47. The highest BCUT2D eigenvalue weighted by atomic mass is 16.5. The number of hydrogen-bond donors (Lipinski definition) is 3. The lowest BCUT2D eigenvalue weighted by Crippen LogP contribution is -2.53. The van der Waals surface area contributed by atoms with E-state index in [9.17, 15) is 9.59 Å². The molecule has 11 nitrogen and oxygen atoms in total. The molecule has 2 aromatic carbocycles. The molecule has 0 radical (unpaired) electrons. The third-order valence-electron chi connectivity index (χ3n) is 8.02. The lowest BCUT2D eigenvalue weighted by Gasteiger charge is -2.37. The highest BCUT2D eigenvalue weighted by molar-refractivity contribution is 5.94. The van der Waals surface area contributed by atoms with Crippen LogP contribution in [0.15, 0.2) is 60.8 Å². The largest absolute Gasteiger partial charge is 0.368 e. The number of rotatable bonds is 8. The normalized spacial score (nSPS) is 19.5. The number of ether oxygens (including phenoxy) is 1. The molecule has 0 spiro atoms. The number of piperazine rings is 2. The first-order valence-corrected chi connectivity index (χ1v) is 14.8. The first-order chi connectivity index (χ1) is 20.6. The minimum atomic E-state index is -0.359. The second-order valence-corrected chi connectivity index (χ2v) is 10.9. The van der Waals surface area contributed by atoms with Crippen molar-refractivity contribution in [3.63, 3.8) is 0 Å². The van der Waals surface area contributed by atoms with Gasteiger partial charge in [0.25, 0.3) is 5.91 Å². The van der Waals surface area contributed by atoms with Crippen molar-refractivity contribution in [3.8, 4) is 11.3 Å². The topological polar surface area (TPSA) is 115 Å². The number of carbonyl (C=O) groups excluding carboxylic acids is 2. The molecule has 4 heterocycles. The Balaban J connectivity index is 1.00. The first kappa shape index (κ1) is 28.1. The Morgan fingerprint density at radius 1 is 0.905 bits per heavy atom. The van der Waals surface area contributed by atoms with Gasteiger partial charge < -0.3 is 30.5 Å². The Hall–Kier alpha value is -4.06. The van der Waals surface area contributed by atoms with Gasteiger partial charge >= 0.3 is 0 Å². The van der Waals surface area contributed by atoms with Gasteiger partial charge in [-0.1, -0.05) is 12.1 Å². The molecular formula is C31H38N8O3. The van der Waals surface area contributed by atoms with E-state index in [2.05, 4.69) is 47.9 Å². The molecule has 220 valence electrons. The number of nitrogens with zero attached hydrogens (tertiary/aromatic N) is 5. The van der Waals surface area contributed by atoms with Crippen LogP contribution in [-0.2, 0) is 14.3 Å². The second kappa shape index (κ2) is 13.3. The van der Waals surface area contributed by atoms with E-state index in [1.54, 1.807) is 6.20 Å². The Bertz CT molecular complexity index is 1350. The van der Waals surface area contributed by atoms with Crippen molar-refractivity contribution in [1.82, 2.24) is 25.1 Å². The van der Waals surface area contributed by atoms with Gasteiger partial charge in [-0.05, 0) is 55.3 Å². The van der Waals surface area contributed by atoms with Crippen LogP contribution in [0.25, 0.3) is 11.3 Å². The molecule has 3 saturated heterocycles. The van der Waals surface area contributed by atoms with E-state index in [4.69, 9.17) is 4.74 Å². The third-order valence-corrected chi connectivity index (χ3v) is 8.02. The van der Waals surface area contributed by atoms with Gasteiger partial charge in [-0.2, -0.15) is 0 Å². The number of anilines is 4. The van der Waals surface area contributed by atoms with Gasteiger partial charge in [0.15, 0.2) is 0 Å². The Morgan fingerprint density at radius 3 is 2.36 bits per heavy atom. The number of nitrogens with one attached hydrogen (secondary N) is 3. The lowest BCUT2D eigenvalue weighted by atomic mass is 10.1. The molecule has 1 unspecified atom stereocenters. The van der Waals surface area contributed by atoms with Crippen molar-refractivity contribution in [2.45, 2.75) is 18.9 Å². The van der Waals surface area contributed by atoms with Crippen molar-refractivity contribution >= 4 is 34.8 Å². The van der Waals surface area contributed by atoms with Crippen LogP contribution in [0.5, 0.6) is 0 Å². The van der Waals surface area contributed by atoms with Gasteiger partial charge in [0, 0.05) is 87.8 Å². The highest BCUT2D eigenvalue weighted by Crippen LogP contribution is 2.24. The Morgan fingerprint density at radius 2 is 1.64 bits per heavy atom. The zero-order valence-corrected chi connectivity index (χ0v) is 23.8. The van der Waals surface area contributed by atoms with Crippen LogP contribution in [0.3, 0.4) is 0 Å². The number of benzene rings is 2. The molecule has 42 heavy (non-hydrogen) atoms. The molecule has 1 atom stereocenters. The van der Waals surface area contributed by atoms with Crippen LogP contribution in [0, 0.1) is 0 Å². The molecule has 6 rings (SSSR count). The summed E-state index contributed by atoms with van der Waals surface area (Å²) in [6, 6.07) is 17.7. The summed E-state index contributed by atoms with van der Waals surface area (Å²) in [6.45, 7) is 8.07. The quantitative estimate of drug-likeness (QED) is 0.376. The molecule has 3 aromatic rings. The number of carbonyl (C=O) groups is 2. The van der Waals surface area contributed by atoms with Gasteiger partial charge in [0.2, 0.25) is 11.9 Å². The molecule has 0 saturated carbocycles. The van der Waals surface area contributed by atoms with Crippen molar-refractivity contribution in [2.24, 2.45) is 0 Å². The van der Waals surface area contributed by atoms with E-state index in [0.717, 1.165) is 93.5 Å². The minimum Gasteiger partial charge on any atom is -0.368 e. The summed E-state index contributed by atoms with van der Waals surface area (Å²) >= 11 is 0. The van der Waals surface area contributed by atoms with Crippen LogP contribution < -0.4 is 20.9 Å². The van der Waals surface area contributed by atoms with E-state index in [1.807, 2.05) is 47.4 Å². The third kappa shape index (κ3) is 7.04. The van der Waals surface area contributed by atoms with E-state index < -0.39 is 0 Å². The Kier molecular flexibility index (Phi) is 8.88. The van der Waals surface area contributed by atoms with Crippen LogP contribution in [0.4, 0.5) is 23.0 Å². The molecule has 0 bridgehead atoms. The van der Waals surface area contributed by atoms with Crippen molar-refractivity contribution in [3.05, 3.63) is 60.8 Å². The Labute approximate surface area is 246 Å². The predicted octanol–water partition coefficient (Wildman–Crippen LogP) is 2.56. The minimum absolute atomic E-state index is 0.0986. The van der Waals surface area contributed by atoms with Gasteiger partial charge in [0.05, 0.1) is 12.2 Å². The summed E-state index contributed by atoms with van der Waals surface area (Å²) in [5, 5.41) is 9.56. The molecular weight excluding hydrogens is 532 g/mol. The highest BCUT2D eigenvalue weighted by Gasteiger charge is 2.24.